The van der Waals surface area contributed by atoms with Gasteiger partial charge in [-0.15, -0.1) is 11.3 Å². The summed E-state index contributed by atoms with van der Waals surface area (Å²) in [5, 5.41) is 2.96. The standard InChI is InChI=1S/C40H24N4OS/c1-4-11-25(12-5-1)26-19-21-29(22-20-26)40-41-32-24-34-31(23-35(32)46-40)36-30(17-10-18-33(36)45-34)39-43-37(27-13-6-2-7-14-27)42-38(44-39)28-15-8-3-9-16-28/h1-24H. The molecule has 5 nitrogen and oxygen atoms in total. The van der Waals surface area contributed by atoms with Gasteiger partial charge in [-0.3, -0.25) is 0 Å². The van der Waals surface area contributed by atoms with Gasteiger partial charge < -0.3 is 4.42 Å². The van der Waals surface area contributed by atoms with Crippen LogP contribution < -0.4 is 0 Å². The average molecular weight is 609 g/mol. The van der Waals surface area contributed by atoms with Crippen molar-refractivity contribution in [3.63, 3.8) is 0 Å². The molecule has 0 fully saturated rings. The van der Waals surface area contributed by atoms with Crippen molar-refractivity contribution >= 4 is 43.5 Å². The third-order valence-corrected chi connectivity index (χ3v) is 9.25. The predicted octanol–water partition coefficient (Wildman–Crippen LogP) is 10.7. The molecule has 3 heterocycles. The van der Waals surface area contributed by atoms with E-state index in [0.29, 0.717) is 17.5 Å². The summed E-state index contributed by atoms with van der Waals surface area (Å²) in [6, 6.07) is 49.4. The number of hydrogen-bond donors (Lipinski definition) is 0. The van der Waals surface area contributed by atoms with Crippen LogP contribution in [-0.4, -0.2) is 19.9 Å². The van der Waals surface area contributed by atoms with Gasteiger partial charge in [0.05, 0.1) is 10.2 Å². The van der Waals surface area contributed by atoms with Gasteiger partial charge in [0.1, 0.15) is 16.2 Å². The Bertz CT molecular complexity index is 2450. The van der Waals surface area contributed by atoms with Crippen LogP contribution in [-0.2, 0) is 0 Å². The maximum absolute atomic E-state index is 6.43. The molecule has 3 aromatic heterocycles. The van der Waals surface area contributed by atoms with Crippen molar-refractivity contribution in [3.05, 3.63) is 146 Å². The summed E-state index contributed by atoms with van der Waals surface area (Å²) in [4.78, 5) is 19.9. The number of benzene rings is 6. The molecule has 6 heteroatoms. The fourth-order valence-electron chi connectivity index (χ4n) is 5.92. The lowest BCUT2D eigenvalue weighted by Gasteiger charge is -2.09. The van der Waals surface area contributed by atoms with Crippen molar-refractivity contribution in [2.24, 2.45) is 0 Å². The monoisotopic (exact) mass is 608 g/mol. The summed E-state index contributed by atoms with van der Waals surface area (Å²) in [5.41, 5.74) is 8.72. The Balaban J connectivity index is 1.18. The molecule has 0 aliphatic rings. The zero-order valence-electron chi connectivity index (χ0n) is 24.5. The fraction of sp³-hybridized carbons (Fsp3) is 0. The van der Waals surface area contributed by atoms with Crippen LogP contribution in [0.25, 0.3) is 88.0 Å². The number of thiazole rings is 1. The van der Waals surface area contributed by atoms with Crippen molar-refractivity contribution in [1.82, 2.24) is 19.9 Å². The molecule has 46 heavy (non-hydrogen) atoms. The molecule has 0 spiro atoms. The normalized spacial score (nSPS) is 11.5. The first-order valence-corrected chi connectivity index (χ1v) is 15.9. The molecule has 0 amide bonds. The third kappa shape index (κ3) is 4.64. The Morgan fingerprint density at radius 1 is 0.435 bits per heavy atom. The zero-order chi connectivity index (χ0) is 30.5. The molecular formula is C40H24N4OS. The van der Waals surface area contributed by atoms with E-state index in [9.17, 15) is 0 Å². The maximum atomic E-state index is 6.43. The summed E-state index contributed by atoms with van der Waals surface area (Å²) in [5.74, 6) is 1.86. The van der Waals surface area contributed by atoms with Gasteiger partial charge in [0.15, 0.2) is 17.5 Å². The number of fused-ring (bicyclic) bond motifs is 4. The topological polar surface area (TPSA) is 64.7 Å². The van der Waals surface area contributed by atoms with Crippen LogP contribution in [0.1, 0.15) is 0 Å². The van der Waals surface area contributed by atoms with Crippen LogP contribution >= 0.6 is 11.3 Å². The van der Waals surface area contributed by atoms with Crippen molar-refractivity contribution in [2.45, 2.75) is 0 Å². The first-order valence-electron chi connectivity index (χ1n) is 15.1. The molecular weight excluding hydrogens is 585 g/mol. The molecule has 0 radical (unpaired) electrons. The van der Waals surface area contributed by atoms with Crippen LogP contribution in [0.2, 0.25) is 0 Å². The number of nitrogens with zero attached hydrogens (tertiary/aromatic N) is 4. The first kappa shape index (κ1) is 26.4. The maximum Gasteiger partial charge on any atom is 0.164 e. The summed E-state index contributed by atoms with van der Waals surface area (Å²) in [7, 11) is 0. The smallest absolute Gasteiger partial charge is 0.164 e. The molecule has 0 unspecified atom stereocenters. The highest BCUT2D eigenvalue weighted by molar-refractivity contribution is 7.21. The zero-order valence-corrected chi connectivity index (χ0v) is 25.3. The van der Waals surface area contributed by atoms with E-state index in [2.05, 4.69) is 60.7 Å². The van der Waals surface area contributed by atoms with Crippen molar-refractivity contribution in [1.29, 1.82) is 0 Å². The molecule has 9 aromatic rings. The van der Waals surface area contributed by atoms with Gasteiger partial charge in [0.25, 0.3) is 0 Å². The van der Waals surface area contributed by atoms with Gasteiger partial charge in [0, 0.05) is 39.1 Å². The van der Waals surface area contributed by atoms with Crippen LogP contribution in [0.5, 0.6) is 0 Å². The number of rotatable bonds is 5. The molecule has 0 bridgehead atoms. The highest BCUT2D eigenvalue weighted by Gasteiger charge is 2.19. The number of hydrogen-bond acceptors (Lipinski definition) is 6. The van der Waals surface area contributed by atoms with Crippen molar-refractivity contribution in [3.8, 4) is 55.9 Å². The van der Waals surface area contributed by atoms with Crippen LogP contribution in [0, 0.1) is 0 Å². The SMILES string of the molecule is c1ccc(-c2ccc(-c3nc4cc5oc6cccc(-c7nc(-c8ccccc8)nc(-c8ccccc8)n7)c6c5cc4s3)cc2)cc1. The molecule has 0 saturated heterocycles. The molecule has 6 aromatic carbocycles. The van der Waals surface area contributed by atoms with Crippen LogP contribution in [0.4, 0.5) is 0 Å². The van der Waals surface area contributed by atoms with Gasteiger partial charge in [-0.05, 0) is 23.3 Å². The second-order valence-electron chi connectivity index (χ2n) is 11.1. The molecule has 0 aliphatic heterocycles. The summed E-state index contributed by atoms with van der Waals surface area (Å²) in [6.45, 7) is 0. The Hall–Kier alpha value is -5.98. The second kappa shape index (κ2) is 10.9. The molecule has 0 aliphatic carbocycles. The highest BCUT2D eigenvalue weighted by Crippen LogP contribution is 2.40. The fourth-order valence-corrected chi connectivity index (χ4v) is 6.91. The minimum absolute atomic E-state index is 0.601. The number of aromatic nitrogens is 4. The highest BCUT2D eigenvalue weighted by atomic mass is 32.1. The molecule has 0 N–H and O–H groups in total. The Kier molecular flexibility index (Phi) is 6.25. The van der Waals surface area contributed by atoms with E-state index in [4.69, 9.17) is 24.4 Å². The molecule has 9 rings (SSSR count). The number of furan rings is 1. The Labute approximate surface area is 268 Å². The van der Waals surface area contributed by atoms with Gasteiger partial charge >= 0.3 is 0 Å². The van der Waals surface area contributed by atoms with Gasteiger partial charge in [0.2, 0.25) is 0 Å². The minimum atomic E-state index is 0.601. The van der Waals surface area contributed by atoms with E-state index in [1.54, 1.807) is 11.3 Å². The second-order valence-corrected chi connectivity index (χ2v) is 12.1. The largest absolute Gasteiger partial charge is 0.456 e. The molecule has 216 valence electrons. The van der Waals surface area contributed by atoms with Gasteiger partial charge in [-0.25, -0.2) is 19.9 Å². The van der Waals surface area contributed by atoms with Crippen molar-refractivity contribution < 1.29 is 4.42 Å². The van der Waals surface area contributed by atoms with E-state index in [1.165, 1.54) is 11.1 Å². The van der Waals surface area contributed by atoms with Crippen molar-refractivity contribution in [2.75, 3.05) is 0 Å². The quantitative estimate of drug-likeness (QED) is 0.194. The van der Waals surface area contributed by atoms with E-state index < -0.39 is 0 Å². The molecule has 0 saturated carbocycles. The summed E-state index contributed by atoms with van der Waals surface area (Å²) in [6.07, 6.45) is 0. The lowest BCUT2D eigenvalue weighted by atomic mass is 10.0. The lowest BCUT2D eigenvalue weighted by molar-refractivity contribution is 0.669. The van der Waals surface area contributed by atoms with E-state index in [-0.39, 0.29) is 0 Å². The Morgan fingerprint density at radius 2 is 1.00 bits per heavy atom. The van der Waals surface area contributed by atoms with E-state index >= 15 is 0 Å². The van der Waals surface area contributed by atoms with Crippen LogP contribution in [0.15, 0.2) is 150 Å². The predicted molar refractivity (Wildman–Crippen MR) is 187 cm³/mol. The van der Waals surface area contributed by atoms with E-state index in [0.717, 1.165) is 59.4 Å². The van der Waals surface area contributed by atoms with Gasteiger partial charge in [-0.1, -0.05) is 127 Å². The summed E-state index contributed by atoms with van der Waals surface area (Å²) < 4.78 is 7.52. The van der Waals surface area contributed by atoms with Gasteiger partial charge in [-0.2, -0.15) is 0 Å². The average Bonchev–Trinajstić information content (AvgIpc) is 3.72. The first-order chi connectivity index (χ1) is 22.8. The summed E-state index contributed by atoms with van der Waals surface area (Å²) >= 11 is 1.69. The molecule has 0 atom stereocenters. The Morgan fingerprint density at radius 3 is 1.65 bits per heavy atom. The van der Waals surface area contributed by atoms with Crippen LogP contribution in [0.3, 0.4) is 0 Å². The lowest BCUT2D eigenvalue weighted by Crippen LogP contribution is -2.00. The van der Waals surface area contributed by atoms with E-state index in [1.807, 2.05) is 84.9 Å². The minimum Gasteiger partial charge on any atom is -0.456 e. The third-order valence-electron chi connectivity index (χ3n) is 8.18.